The molecule has 5 rings (SSSR count). The molecule has 2 fully saturated rings. The molecule has 1 aliphatic carbocycles. The predicted octanol–water partition coefficient (Wildman–Crippen LogP) is 3.53. The summed E-state index contributed by atoms with van der Waals surface area (Å²) < 4.78 is 13.5. The first kappa shape index (κ1) is 20.1. The highest BCUT2D eigenvalue weighted by molar-refractivity contribution is 5.39. The number of para-hydroxylation sites is 3. The quantitative estimate of drug-likeness (QED) is 0.662. The zero-order valence-electron chi connectivity index (χ0n) is 17.8. The maximum absolute atomic E-state index is 10.7. The van der Waals surface area contributed by atoms with E-state index in [-0.39, 0.29) is 6.10 Å². The van der Waals surface area contributed by atoms with E-state index in [2.05, 4.69) is 28.3 Å². The van der Waals surface area contributed by atoms with Gasteiger partial charge in [0.2, 0.25) is 0 Å². The van der Waals surface area contributed by atoms with Crippen molar-refractivity contribution in [3.05, 3.63) is 72.6 Å². The molecule has 31 heavy (non-hydrogen) atoms. The fraction of sp³-hybridized carbons (Fsp3) is 0.400. The Kier molecular flexibility index (Phi) is 5.66. The summed E-state index contributed by atoms with van der Waals surface area (Å²) >= 11 is 0. The average Bonchev–Trinajstić information content (AvgIpc) is 3.41. The monoisotopic (exact) mass is 419 g/mol. The first-order chi connectivity index (χ1) is 15.2. The fourth-order valence-corrected chi connectivity index (χ4v) is 5.04. The van der Waals surface area contributed by atoms with Gasteiger partial charge in [0, 0.05) is 31.4 Å². The van der Waals surface area contributed by atoms with Crippen LogP contribution in [0.25, 0.3) is 5.69 Å². The highest BCUT2D eigenvalue weighted by Gasteiger charge is 2.42. The summed E-state index contributed by atoms with van der Waals surface area (Å²) in [7, 11) is 1.64. The molecule has 0 radical (unpaired) electrons. The summed E-state index contributed by atoms with van der Waals surface area (Å²) in [5.74, 6) is 2.46. The van der Waals surface area contributed by atoms with Crippen LogP contribution in [0.2, 0.25) is 0 Å². The van der Waals surface area contributed by atoms with E-state index in [1.165, 1.54) is 5.56 Å². The van der Waals surface area contributed by atoms with Crippen LogP contribution in [0.15, 0.2) is 67.0 Å². The summed E-state index contributed by atoms with van der Waals surface area (Å²) in [5, 5.41) is 15.3. The fourth-order valence-electron chi connectivity index (χ4n) is 5.04. The van der Waals surface area contributed by atoms with Gasteiger partial charge >= 0.3 is 0 Å². The Morgan fingerprint density at radius 2 is 1.68 bits per heavy atom. The lowest BCUT2D eigenvalue weighted by Crippen LogP contribution is -2.42. The number of aliphatic hydroxyl groups is 1. The van der Waals surface area contributed by atoms with E-state index < -0.39 is 6.10 Å². The number of hydrogen-bond donors (Lipinski definition) is 1. The third-order valence-corrected chi connectivity index (χ3v) is 6.57. The van der Waals surface area contributed by atoms with Gasteiger partial charge in [-0.2, -0.15) is 5.10 Å². The van der Waals surface area contributed by atoms with Crippen LogP contribution in [0.3, 0.4) is 0 Å². The second kappa shape index (κ2) is 8.73. The van der Waals surface area contributed by atoms with Gasteiger partial charge in [-0.25, -0.2) is 4.68 Å². The number of benzene rings is 2. The smallest absolute Gasteiger partial charge is 0.161 e. The second-order valence-corrected chi connectivity index (χ2v) is 8.69. The Bertz CT molecular complexity index is 1010. The van der Waals surface area contributed by atoms with Crippen molar-refractivity contribution < 1.29 is 14.6 Å². The number of methoxy groups -OCH3 is 1. The Hall–Kier alpha value is -2.83. The molecule has 2 heterocycles. The minimum atomic E-state index is -0.452. The molecule has 2 aliphatic rings. The van der Waals surface area contributed by atoms with Crippen molar-refractivity contribution >= 4 is 0 Å². The van der Waals surface area contributed by atoms with Crippen molar-refractivity contribution in [2.24, 2.45) is 11.8 Å². The van der Waals surface area contributed by atoms with Crippen molar-refractivity contribution in [3.63, 3.8) is 0 Å². The van der Waals surface area contributed by atoms with E-state index in [4.69, 9.17) is 9.47 Å². The largest absolute Gasteiger partial charge is 0.493 e. The van der Waals surface area contributed by atoms with Gasteiger partial charge in [0.05, 0.1) is 25.1 Å². The van der Waals surface area contributed by atoms with E-state index in [1.54, 1.807) is 7.11 Å². The van der Waals surface area contributed by atoms with Gasteiger partial charge in [-0.15, -0.1) is 0 Å². The first-order valence-corrected chi connectivity index (χ1v) is 11.0. The topological polar surface area (TPSA) is 59.8 Å². The predicted molar refractivity (Wildman–Crippen MR) is 118 cm³/mol. The molecule has 0 bridgehead atoms. The zero-order valence-corrected chi connectivity index (χ0v) is 17.8. The minimum absolute atomic E-state index is 0.196. The number of rotatable bonds is 6. The van der Waals surface area contributed by atoms with Crippen molar-refractivity contribution in [1.82, 2.24) is 14.7 Å². The SMILES string of the molecule is COc1ccccc1O[C@@H]1C[C@@H]2CN(Cc3cnn(-c4ccccc4)c3)C[C@@H]2C[C@H]1O. The highest BCUT2D eigenvalue weighted by atomic mass is 16.5. The zero-order chi connectivity index (χ0) is 21.2. The molecular weight excluding hydrogens is 390 g/mol. The molecule has 1 saturated carbocycles. The molecule has 1 N–H and O–H groups in total. The highest BCUT2D eigenvalue weighted by Crippen LogP contribution is 2.39. The van der Waals surface area contributed by atoms with Gasteiger partial charge in [-0.05, 0) is 48.9 Å². The number of hydrogen-bond acceptors (Lipinski definition) is 5. The maximum Gasteiger partial charge on any atom is 0.161 e. The third kappa shape index (κ3) is 4.31. The molecule has 0 spiro atoms. The molecule has 162 valence electrons. The van der Waals surface area contributed by atoms with Crippen LogP contribution in [0, 0.1) is 11.8 Å². The van der Waals surface area contributed by atoms with Crippen molar-refractivity contribution in [2.45, 2.75) is 31.6 Å². The number of aromatic nitrogens is 2. The lowest BCUT2D eigenvalue weighted by Gasteiger charge is -2.35. The molecule has 1 aromatic heterocycles. The van der Waals surface area contributed by atoms with Crippen molar-refractivity contribution in [1.29, 1.82) is 0 Å². The minimum Gasteiger partial charge on any atom is -0.493 e. The Labute approximate surface area is 183 Å². The normalized spacial score (nSPS) is 25.9. The molecule has 0 amide bonds. The summed E-state index contributed by atoms with van der Waals surface area (Å²) in [6, 6.07) is 17.8. The Balaban J connectivity index is 1.21. The van der Waals surface area contributed by atoms with Crippen LogP contribution < -0.4 is 9.47 Å². The molecule has 4 atom stereocenters. The van der Waals surface area contributed by atoms with E-state index in [1.807, 2.05) is 53.3 Å². The van der Waals surface area contributed by atoms with Gasteiger partial charge in [0.15, 0.2) is 11.5 Å². The van der Waals surface area contributed by atoms with Gasteiger partial charge in [0.1, 0.15) is 6.10 Å². The molecule has 0 unspecified atom stereocenters. The molecule has 2 aromatic carbocycles. The van der Waals surface area contributed by atoms with Crippen molar-refractivity contribution in [3.8, 4) is 17.2 Å². The molecule has 6 heteroatoms. The number of aliphatic hydroxyl groups excluding tert-OH is 1. The van der Waals surface area contributed by atoms with Gasteiger partial charge in [0.25, 0.3) is 0 Å². The molecule has 3 aromatic rings. The van der Waals surface area contributed by atoms with Gasteiger partial charge < -0.3 is 14.6 Å². The van der Waals surface area contributed by atoms with E-state index >= 15 is 0 Å². The molecular formula is C25H29N3O3. The van der Waals surface area contributed by atoms with E-state index in [0.29, 0.717) is 23.3 Å². The van der Waals surface area contributed by atoms with E-state index in [9.17, 15) is 5.11 Å². The lowest BCUT2D eigenvalue weighted by molar-refractivity contribution is -0.0240. The molecule has 1 saturated heterocycles. The maximum atomic E-state index is 10.7. The van der Waals surface area contributed by atoms with Crippen LogP contribution in [-0.2, 0) is 6.54 Å². The van der Waals surface area contributed by atoms with Crippen LogP contribution in [0.1, 0.15) is 18.4 Å². The molecule has 1 aliphatic heterocycles. The number of nitrogens with zero attached hydrogens (tertiary/aromatic N) is 3. The Morgan fingerprint density at radius 1 is 0.968 bits per heavy atom. The van der Waals surface area contributed by atoms with Crippen LogP contribution >= 0.6 is 0 Å². The summed E-state index contributed by atoms with van der Waals surface area (Å²) in [5.41, 5.74) is 2.29. The van der Waals surface area contributed by atoms with Crippen LogP contribution in [0.4, 0.5) is 0 Å². The average molecular weight is 420 g/mol. The summed E-state index contributed by atoms with van der Waals surface area (Å²) in [4.78, 5) is 2.49. The van der Waals surface area contributed by atoms with E-state index in [0.717, 1.165) is 38.2 Å². The number of likely N-dealkylation sites (tertiary alicyclic amines) is 1. The standard InChI is InChI=1S/C25H29N3O3/c1-30-23-9-5-6-10-24(23)31-25-12-20-17-27(16-19(20)11-22(25)29)14-18-13-26-28(15-18)21-7-3-2-4-8-21/h2-10,13,15,19-20,22,25,29H,11-12,14,16-17H2,1H3/t19-,20+,22+,25+/m0/s1. The summed E-state index contributed by atoms with van der Waals surface area (Å²) in [6.07, 6.45) is 5.07. The third-order valence-electron chi connectivity index (χ3n) is 6.57. The second-order valence-electron chi connectivity index (χ2n) is 8.69. The Morgan fingerprint density at radius 3 is 2.45 bits per heavy atom. The molecule has 6 nitrogen and oxygen atoms in total. The first-order valence-electron chi connectivity index (χ1n) is 11.0. The number of fused-ring (bicyclic) bond motifs is 1. The van der Waals surface area contributed by atoms with Gasteiger partial charge in [-0.3, -0.25) is 4.90 Å². The summed E-state index contributed by atoms with van der Waals surface area (Å²) in [6.45, 7) is 2.92. The van der Waals surface area contributed by atoms with Crippen LogP contribution in [0.5, 0.6) is 11.5 Å². The van der Waals surface area contributed by atoms with Gasteiger partial charge in [-0.1, -0.05) is 30.3 Å². The lowest BCUT2D eigenvalue weighted by atomic mass is 9.78. The van der Waals surface area contributed by atoms with Crippen LogP contribution in [-0.4, -0.2) is 52.2 Å². The number of ether oxygens (including phenoxy) is 2. The van der Waals surface area contributed by atoms with Crippen molar-refractivity contribution in [2.75, 3.05) is 20.2 Å².